The van der Waals surface area contributed by atoms with E-state index >= 15 is 0 Å². The molecular formula is C28H31N5O3. The largest absolute Gasteiger partial charge is 0.335 e. The number of hydrogen-bond donors (Lipinski definition) is 0. The number of nitrogens with zero attached hydrogens (tertiary/aromatic N) is 5. The first-order valence-electron chi connectivity index (χ1n) is 12.4. The normalized spacial score (nSPS) is 19.7. The molecule has 0 N–H and O–H groups in total. The number of benzene rings is 1. The van der Waals surface area contributed by atoms with Crippen molar-refractivity contribution in [3.63, 3.8) is 0 Å². The van der Waals surface area contributed by atoms with Gasteiger partial charge in [-0.3, -0.25) is 28.9 Å². The van der Waals surface area contributed by atoms with E-state index in [1.165, 1.54) is 4.90 Å². The third-order valence-corrected chi connectivity index (χ3v) is 7.57. The molecule has 8 heteroatoms. The molecule has 3 aromatic rings. The van der Waals surface area contributed by atoms with Crippen LogP contribution in [0.3, 0.4) is 0 Å². The monoisotopic (exact) mass is 485 g/mol. The van der Waals surface area contributed by atoms with Gasteiger partial charge in [0, 0.05) is 56.1 Å². The molecule has 0 bridgehead atoms. The van der Waals surface area contributed by atoms with Gasteiger partial charge in [-0.25, -0.2) is 0 Å². The Morgan fingerprint density at radius 3 is 2.39 bits per heavy atom. The lowest BCUT2D eigenvalue weighted by Gasteiger charge is -2.31. The van der Waals surface area contributed by atoms with Crippen molar-refractivity contribution >= 4 is 17.7 Å². The van der Waals surface area contributed by atoms with Crippen molar-refractivity contribution in [3.05, 3.63) is 82.9 Å². The van der Waals surface area contributed by atoms with Crippen LogP contribution in [0.2, 0.25) is 0 Å². The second-order valence-corrected chi connectivity index (χ2v) is 9.97. The second kappa shape index (κ2) is 9.33. The number of amides is 3. The van der Waals surface area contributed by atoms with Crippen molar-refractivity contribution in [1.82, 2.24) is 24.6 Å². The smallest absolute Gasteiger partial charge is 0.241 e. The van der Waals surface area contributed by atoms with Crippen LogP contribution in [-0.4, -0.2) is 48.3 Å². The molecule has 186 valence electrons. The van der Waals surface area contributed by atoms with Crippen molar-refractivity contribution in [2.24, 2.45) is 7.05 Å². The zero-order chi connectivity index (χ0) is 25.4. The van der Waals surface area contributed by atoms with E-state index in [1.807, 2.05) is 60.8 Å². The summed E-state index contributed by atoms with van der Waals surface area (Å²) in [6.45, 7) is 4.60. The van der Waals surface area contributed by atoms with Crippen molar-refractivity contribution in [2.75, 3.05) is 0 Å². The van der Waals surface area contributed by atoms with Crippen LogP contribution in [0.15, 0.2) is 54.9 Å². The highest BCUT2D eigenvalue weighted by Crippen LogP contribution is 2.42. The summed E-state index contributed by atoms with van der Waals surface area (Å²) in [5, 5.41) is 4.51. The first kappa shape index (κ1) is 23.9. The summed E-state index contributed by atoms with van der Waals surface area (Å²) < 4.78 is 1.84. The lowest BCUT2D eigenvalue weighted by Crippen LogP contribution is -2.44. The van der Waals surface area contributed by atoms with E-state index in [9.17, 15) is 14.4 Å². The number of carbonyl (C=O) groups excluding carboxylic acids is 3. The minimum Gasteiger partial charge on any atom is -0.335 e. The maximum atomic E-state index is 14.0. The van der Waals surface area contributed by atoms with E-state index in [2.05, 4.69) is 10.1 Å². The fourth-order valence-electron chi connectivity index (χ4n) is 5.24. The van der Waals surface area contributed by atoms with Crippen molar-refractivity contribution in [2.45, 2.75) is 64.1 Å². The van der Waals surface area contributed by atoms with Crippen LogP contribution in [0.1, 0.15) is 53.8 Å². The summed E-state index contributed by atoms with van der Waals surface area (Å²) in [4.78, 5) is 48.3. The van der Waals surface area contributed by atoms with Crippen LogP contribution in [0.4, 0.5) is 0 Å². The first-order chi connectivity index (χ1) is 17.3. The third-order valence-electron chi connectivity index (χ3n) is 7.57. The van der Waals surface area contributed by atoms with Crippen molar-refractivity contribution in [1.29, 1.82) is 0 Å². The Morgan fingerprint density at radius 2 is 1.78 bits per heavy atom. The molecule has 2 aromatic heterocycles. The van der Waals surface area contributed by atoms with Gasteiger partial charge in [0.25, 0.3) is 0 Å². The summed E-state index contributed by atoms with van der Waals surface area (Å²) in [5.41, 5.74) is 3.29. The number of aromatic nitrogens is 3. The molecule has 1 aromatic carbocycles. The Labute approximate surface area is 210 Å². The average molecular weight is 486 g/mol. The van der Waals surface area contributed by atoms with Crippen LogP contribution in [0, 0.1) is 13.8 Å². The highest BCUT2D eigenvalue weighted by molar-refractivity contribution is 6.10. The molecule has 3 heterocycles. The molecule has 1 saturated heterocycles. The standard InChI is InChI=1S/C28H31N5O3/c1-19-24(20(2)31(3)30-19)18-32(23-9-10-23)25(34)15-28(22-7-5-4-6-8-22)16-26(35)33(27(28)36)17-21-11-13-29-14-12-21/h4-8,11-14,23H,9-10,15-18H2,1-3H3. The van der Waals surface area contributed by atoms with Gasteiger partial charge in [0.2, 0.25) is 17.7 Å². The predicted octanol–water partition coefficient (Wildman–Crippen LogP) is 3.21. The summed E-state index contributed by atoms with van der Waals surface area (Å²) in [5.74, 6) is -0.672. The van der Waals surface area contributed by atoms with Gasteiger partial charge in [0.15, 0.2) is 0 Å². The number of hydrogen-bond acceptors (Lipinski definition) is 5. The van der Waals surface area contributed by atoms with Crippen LogP contribution < -0.4 is 0 Å². The highest BCUT2D eigenvalue weighted by atomic mass is 16.2. The molecule has 1 atom stereocenters. The third kappa shape index (κ3) is 4.32. The van der Waals surface area contributed by atoms with E-state index in [0.717, 1.165) is 35.4 Å². The van der Waals surface area contributed by atoms with Crippen LogP contribution in [-0.2, 0) is 39.9 Å². The zero-order valence-electron chi connectivity index (χ0n) is 21.0. The van der Waals surface area contributed by atoms with E-state index < -0.39 is 5.41 Å². The van der Waals surface area contributed by atoms with Crippen molar-refractivity contribution in [3.8, 4) is 0 Å². The van der Waals surface area contributed by atoms with Gasteiger partial charge in [-0.15, -0.1) is 0 Å². The topological polar surface area (TPSA) is 88.4 Å². The lowest BCUT2D eigenvalue weighted by atomic mass is 9.75. The number of imide groups is 1. The molecule has 0 spiro atoms. The Morgan fingerprint density at radius 1 is 1.08 bits per heavy atom. The van der Waals surface area contributed by atoms with Crippen LogP contribution >= 0.6 is 0 Å². The van der Waals surface area contributed by atoms with E-state index in [-0.39, 0.29) is 43.1 Å². The summed E-state index contributed by atoms with van der Waals surface area (Å²) >= 11 is 0. The van der Waals surface area contributed by atoms with E-state index in [1.54, 1.807) is 24.5 Å². The minimum atomic E-state index is -1.21. The van der Waals surface area contributed by atoms with Gasteiger partial charge in [0.05, 0.1) is 17.7 Å². The van der Waals surface area contributed by atoms with Gasteiger partial charge < -0.3 is 4.90 Å². The lowest BCUT2D eigenvalue weighted by molar-refractivity contribution is -0.143. The Kier molecular flexibility index (Phi) is 6.20. The molecular weight excluding hydrogens is 454 g/mol. The maximum Gasteiger partial charge on any atom is 0.241 e. The number of rotatable bonds is 8. The zero-order valence-corrected chi connectivity index (χ0v) is 21.0. The Bertz CT molecular complexity index is 1300. The first-order valence-corrected chi connectivity index (χ1v) is 12.4. The number of carbonyl (C=O) groups is 3. The predicted molar refractivity (Wildman–Crippen MR) is 133 cm³/mol. The second-order valence-electron chi connectivity index (χ2n) is 9.97. The molecule has 2 fully saturated rings. The van der Waals surface area contributed by atoms with Gasteiger partial charge in [0.1, 0.15) is 0 Å². The molecule has 3 amide bonds. The molecule has 5 rings (SSSR count). The average Bonchev–Trinajstić information content (AvgIpc) is 3.65. The minimum absolute atomic E-state index is 0.0177. The number of pyridine rings is 1. The highest BCUT2D eigenvalue weighted by Gasteiger charge is 2.54. The Hall–Kier alpha value is -3.81. The van der Waals surface area contributed by atoms with Crippen LogP contribution in [0.5, 0.6) is 0 Å². The molecule has 8 nitrogen and oxygen atoms in total. The fraction of sp³-hybridized carbons (Fsp3) is 0.393. The van der Waals surface area contributed by atoms with E-state index in [0.29, 0.717) is 12.1 Å². The molecule has 36 heavy (non-hydrogen) atoms. The summed E-state index contributed by atoms with van der Waals surface area (Å²) in [6, 6.07) is 13.0. The molecule has 1 aliphatic carbocycles. The van der Waals surface area contributed by atoms with Gasteiger partial charge in [-0.1, -0.05) is 30.3 Å². The number of likely N-dealkylation sites (tertiary alicyclic amines) is 1. The molecule has 1 aliphatic heterocycles. The van der Waals surface area contributed by atoms with E-state index in [4.69, 9.17) is 0 Å². The molecule has 2 aliphatic rings. The molecule has 1 saturated carbocycles. The van der Waals surface area contributed by atoms with Gasteiger partial charge in [-0.05, 0) is 49.9 Å². The van der Waals surface area contributed by atoms with Gasteiger partial charge in [-0.2, -0.15) is 5.10 Å². The van der Waals surface area contributed by atoms with Gasteiger partial charge >= 0.3 is 0 Å². The Balaban J connectivity index is 1.46. The molecule has 0 radical (unpaired) electrons. The van der Waals surface area contributed by atoms with Crippen LogP contribution in [0.25, 0.3) is 0 Å². The van der Waals surface area contributed by atoms with Crippen molar-refractivity contribution < 1.29 is 14.4 Å². The summed E-state index contributed by atoms with van der Waals surface area (Å²) in [7, 11) is 1.90. The fourth-order valence-corrected chi connectivity index (χ4v) is 5.24. The SMILES string of the molecule is Cc1nn(C)c(C)c1CN(C(=O)CC1(c2ccccc2)CC(=O)N(Cc2ccncc2)C1=O)C1CC1. The number of aryl methyl sites for hydroxylation is 2. The summed E-state index contributed by atoms with van der Waals surface area (Å²) in [6.07, 6.45) is 5.13. The maximum absolute atomic E-state index is 14.0. The molecule has 1 unspecified atom stereocenters. The quantitative estimate of drug-likeness (QED) is 0.457.